The maximum Gasteiger partial charge on any atom is 0.177 e. The van der Waals surface area contributed by atoms with Gasteiger partial charge in [0.05, 0.1) is 11.6 Å². The number of aromatic nitrogens is 1. The zero-order chi connectivity index (χ0) is 12.1. The lowest BCUT2D eigenvalue weighted by molar-refractivity contribution is -0.671. The Balaban J connectivity index is 2.11. The number of benzene rings is 1. The van der Waals surface area contributed by atoms with Crippen molar-refractivity contribution in [1.82, 2.24) is 0 Å². The smallest absolute Gasteiger partial charge is 0.177 e. The average Bonchev–Trinajstić information content (AvgIpc) is 2.37. The van der Waals surface area contributed by atoms with Gasteiger partial charge < -0.3 is 0 Å². The topological polar surface area (TPSA) is 16.2 Å². The first-order chi connectivity index (χ1) is 8.25. The van der Waals surface area contributed by atoms with E-state index in [1.807, 2.05) is 48.3 Å². The second-order valence-electron chi connectivity index (χ2n) is 4.17. The Morgan fingerprint density at radius 3 is 2.59 bits per heavy atom. The van der Waals surface area contributed by atoms with Crippen molar-refractivity contribution in [3.63, 3.8) is 0 Å². The predicted octanol–water partition coefficient (Wildman–Crippen LogP) is 2.69. The molecule has 86 valence electrons. The summed E-state index contributed by atoms with van der Waals surface area (Å²) in [6, 6.07) is 14.6. The van der Waals surface area contributed by atoms with Gasteiger partial charge in [0.2, 0.25) is 0 Å². The summed E-state index contributed by atoms with van der Waals surface area (Å²) < 4.78 is 2.02. The van der Waals surface area contributed by atoms with Crippen LogP contribution >= 0.6 is 0 Å². The summed E-state index contributed by atoms with van der Waals surface area (Å²) in [5.74, 6) is 0. The largest absolute Gasteiger partial charge is 0.285 e. The second kappa shape index (κ2) is 5.39. The minimum absolute atomic E-state index is 0.196. The lowest BCUT2D eigenvalue weighted by Crippen LogP contribution is -2.26. The summed E-state index contributed by atoms with van der Waals surface area (Å²) in [7, 11) is 2.01. The third kappa shape index (κ3) is 3.25. The zero-order valence-corrected chi connectivity index (χ0v) is 10.2. The number of rotatable bonds is 3. The van der Waals surface area contributed by atoms with Crippen LogP contribution in [0.4, 0.5) is 0 Å². The lowest BCUT2D eigenvalue weighted by Gasteiger charge is -2.05. The van der Waals surface area contributed by atoms with E-state index in [0.717, 1.165) is 5.56 Å². The van der Waals surface area contributed by atoms with Gasteiger partial charge in [-0.25, -0.2) is 4.57 Å². The molecule has 0 bridgehead atoms. The molecule has 2 aromatic rings. The molecule has 0 spiro atoms. The van der Waals surface area contributed by atoms with E-state index in [1.165, 1.54) is 5.56 Å². The van der Waals surface area contributed by atoms with Crippen molar-refractivity contribution in [2.24, 2.45) is 12.0 Å². The first-order valence-corrected chi connectivity index (χ1v) is 5.79. The van der Waals surface area contributed by atoms with Crippen molar-refractivity contribution in [2.75, 3.05) is 0 Å². The molecule has 0 aliphatic heterocycles. The van der Waals surface area contributed by atoms with E-state index in [9.17, 15) is 0 Å². The molecule has 0 aliphatic carbocycles. The molecule has 2 heteroatoms. The highest BCUT2D eigenvalue weighted by molar-refractivity contribution is 5.78. The first kappa shape index (κ1) is 11.5. The molecule has 1 atom stereocenters. The molecule has 2 nitrogen and oxygen atoms in total. The summed E-state index contributed by atoms with van der Waals surface area (Å²) >= 11 is 0. The predicted molar refractivity (Wildman–Crippen MR) is 70.1 cm³/mol. The SMILES string of the molecule is C[C@@H](N=Cc1ccc[n+](C)c1)c1ccccc1. The van der Waals surface area contributed by atoms with Crippen molar-refractivity contribution in [3.8, 4) is 0 Å². The van der Waals surface area contributed by atoms with Gasteiger partial charge in [-0.05, 0) is 18.6 Å². The molecular weight excluding hydrogens is 208 g/mol. The van der Waals surface area contributed by atoms with Crippen LogP contribution in [0.5, 0.6) is 0 Å². The monoisotopic (exact) mass is 225 g/mol. The van der Waals surface area contributed by atoms with Gasteiger partial charge in [-0.2, -0.15) is 0 Å². The van der Waals surface area contributed by atoms with E-state index < -0.39 is 0 Å². The van der Waals surface area contributed by atoms with Crippen LogP contribution in [-0.4, -0.2) is 6.21 Å². The summed E-state index contributed by atoms with van der Waals surface area (Å²) in [6.45, 7) is 2.11. The highest BCUT2D eigenvalue weighted by atomic mass is 14.9. The van der Waals surface area contributed by atoms with E-state index in [0.29, 0.717) is 0 Å². The molecule has 0 saturated heterocycles. The molecule has 0 N–H and O–H groups in total. The van der Waals surface area contributed by atoms with Crippen molar-refractivity contribution in [1.29, 1.82) is 0 Å². The van der Waals surface area contributed by atoms with Gasteiger partial charge >= 0.3 is 0 Å². The summed E-state index contributed by atoms with van der Waals surface area (Å²) in [4.78, 5) is 4.57. The Morgan fingerprint density at radius 2 is 1.88 bits per heavy atom. The number of hydrogen-bond donors (Lipinski definition) is 0. The fraction of sp³-hybridized carbons (Fsp3) is 0.200. The van der Waals surface area contributed by atoms with Crippen LogP contribution < -0.4 is 4.57 Å². The van der Waals surface area contributed by atoms with Crippen LogP contribution in [0.2, 0.25) is 0 Å². The molecule has 0 aliphatic rings. The van der Waals surface area contributed by atoms with Crippen LogP contribution in [0.15, 0.2) is 59.9 Å². The van der Waals surface area contributed by atoms with E-state index >= 15 is 0 Å². The minimum Gasteiger partial charge on any atom is -0.285 e. The molecule has 0 fully saturated rings. The summed E-state index contributed by atoms with van der Waals surface area (Å²) in [5, 5.41) is 0. The second-order valence-corrected chi connectivity index (χ2v) is 4.17. The minimum atomic E-state index is 0.196. The molecule has 0 amide bonds. The third-order valence-corrected chi connectivity index (χ3v) is 2.69. The summed E-state index contributed by atoms with van der Waals surface area (Å²) in [6.07, 6.45) is 6.00. The molecule has 17 heavy (non-hydrogen) atoms. The number of hydrogen-bond acceptors (Lipinski definition) is 1. The Kier molecular flexibility index (Phi) is 3.66. The fourth-order valence-corrected chi connectivity index (χ4v) is 1.70. The number of aryl methyl sites for hydroxylation is 1. The van der Waals surface area contributed by atoms with E-state index in [-0.39, 0.29) is 6.04 Å². The van der Waals surface area contributed by atoms with Gasteiger partial charge in [0.25, 0.3) is 0 Å². The molecule has 0 saturated carbocycles. The van der Waals surface area contributed by atoms with E-state index in [1.54, 1.807) is 0 Å². The quantitative estimate of drug-likeness (QED) is 0.564. The van der Waals surface area contributed by atoms with Crippen LogP contribution in [-0.2, 0) is 7.05 Å². The normalized spacial score (nSPS) is 12.8. The highest BCUT2D eigenvalue weighted by Crippen LogP contribution is 2.15. The maximum absolute atomic E-state index is 4.57. The van der Waals surface area contributed by atoms with Crippen LogP contribution in [0.1, 0.15) is 24.1 Å². The molecule has 1 aromatic heterocycles. The first-order valence-electron chi connectivity index (χ1n) is 5.79. The van der Waals surface area contributed by atoms with Gasteiger partial charge in [-0.15, -0.1) is 0 Å². The van der Waals surface area contributed by atoms with E-state index in [2.05, 4.69) is 36.3 Å². The number of nitrogens with zero attached hydrogens (tertiary/aromatic N) is 2. The average molecular weight is 225 g/mol. The van der Waals surface area contributed by atoms with Crippen molar-refractivity contribution in [2.45, 2.75) is 13.0 Å². The van der Waals surface area contributed by atoms with Crippen molar-refractivity contribution < 1.29 is 4.57 Å². The highest BCUT2D eigenvalue weighted by Gasteiger charge is 2.01. The van der Waals surface area contributed by atoms with Crippen LogP contribution in [0, 0.1) is 0 Å². The Bertz CT molecular complexity index is 503. The zero-order valence-electron chi connectivity index (χ0n) is 10.2. The number of aliphatic imine (C=N–C) groups is 1. The van der Waals surface area contributed by atoms with Gasteiger partial charge in [-0.1, -0.05) is 30.3 Å². The van der Waals surface area contributed by atoms with Gasteiger partial charge in [0, 0.05) is 12.3 Å². The Labute approximate surface area is 102 Å². The molecule has 0 radical (unpaired) electrons. The standard InChI is InChI=1S/C15H17N2/c1-13(15-8-4-3-5-9-15)16-11-14-7-6-10-17(2)12-14/h3-13H,1-2H3/q+1/t13-/m1/s1. The molecular formula is C15H17N2+. The third-order valence-electron chi connectivity index (χ3n) is 2.69. The molecule has 2 rings (SSSR count). The lowest BCUT2D eigenvalue weighted by atomic mass is 10.1. The molecule has 1 aromatic carbocycles. The Morgan fingerprint density at radius 1 is 1.12 bits per heavy atom. The summed E-state index contributed by atoms with van der Waals surface area (Å²) in [5.41, 5.74) is 2.36. The van der Waals surface area contributed by atoms with Crippen molar-refractivity contribution in [3.05, 3.63) is 66.0 Å². The molecule has 0 unspecified atom stereocenters. The Hall–Kier alpha value is -1.96. The van der Waals surface area contributed by atoms with Crippen LogP contribution in [0.3, 0.4) is 0 Å². The van der Waals surface area contributed by atoms with E-state index in [4.69, 9.17) is 0 Å². The van der Waals surface area contributed by atoms with Gasteiger partial charge in [0.15, 0.2) is 12.4 Å². The molecule has 1 heterocycles. The van der Waals surface area contributed by atoms with Crippen LogP contribution in [0.25, 0.3) is 0 Å². The fourth-order valence-electron chi connectivity index (χ4n) is 1.70. The maximum atomic E-state index is 4.57. The number of pyridine rings is 1. The van der Waals surface area contributed by atoms with Crippen molar-refractivity contribution >= 4 is 6.21 Å². The van der Waals surface area contributed by atoms with Gasteiger partial charge in [0.1, 0.15) is 7.05 Å². The van der Waals surface area contributed by atoms with Gasteiger partial charge in [-0.3, -0.25) is 4.99 Å².